The number of hydrogen-bond donors (Lipinski definition) is 1. The van der Waals surface area contributed by atoms with Gasteiger partial charge in [0.2, 0.25) is 11.8 Å². The Morgan fingerprint density at radius 3 is 2.59 bits per heavy atom. The third-order valence-electron chi connectivity index (χ3n) is 5.23. The normalized spacial score (nSPS) is 22.7. The number of carbonyl (C=O) groups is 3. The molecule has 0 unspecified atom stereocenters. The molecule has 1 fully saturated rings. The minimum Gasteiger partial charge on any atom is -0.447 e. The van der Waals surface area contributed by atoms with Crippen LogP contribution in [0.4, 0.5) is 4.79 Å². The zero-order valence-corrected chi connectivity index (χ0v) is 16.7. The van der Waals surface area contributed by atoms with Crippen molar-refractivity contribution in [1.82, 2.24) is 15.1 Å². The molecule has 29 heavy (non-hydrogen) atoms. The Labute approximate surface area is 171 Å². The van der Waals surface area contributed by atoms with Crippen LogP contribution < -0.4 is 5.32 Å². The van der Waals surface area contributed by atoms with E-state index in [1.807, 2.05) is 47.4 Å². The van der Waals surface area contributed by atoms with Crippen molar-refractivity contribution < 1.29 is 19.1 Å². The fourth-order valence-electron chi connectivity index (χ4n) is 3.56. The molecule has 1 aromatic carbocycles. The Bertz CT molecular complexity index is 729. The first-order chi connectivity index (χ1) is 14.1. The van der Waals surface area contributed by atoms with Gasteiger partial charge in [-0.2, -0.15) is 0 Å². The molecule has 1 atom stereocenters. The summed E-state index contributed by atoms with van der Waals surface area (Å²) < 4.78 is 5.50. The zero-order valence-electron chi connectivity index (χ0n) is 16.7. The Morgan fingerprint density at radius 1 is 1.07 bits per heavy atom. The van der Waals surface area contributed by atoms with Gasteiger partial charge < -0.3 is 15.0 Å². The monoisotopic (exact) mass is 399 g/mol. The van der Waals surface area contributed by atoms with Crippen molar-refractivity contribution >= 4 is 17.9 Å². The molecular weight excluding hydrogens is 370 g/mol. The summed E-state index contributed by atoms with van der Waals surface area (Å²) in [6.45, 7) is 1.81. The first-order valence-electron chi connectivity index (χ1n) is 10.3. The van der Waals surface area contributed by atoms with Gasteiger partial charge in [-0.25, -0.2) is 4.79 Å². The van der Waals surface area contributed by atoms with Crippen LogP contribution in [0.1, 0.15) is 43.7 Å². The Kier molecular flexibility index (Phi) is 7.67. The number of carbonyl (C=O) groups excluding carboxylic acids is 3. The quantitative estimate of drug-likeness (QED) is 0.793. The molecule has 7 nitrogen and oxygen atoms in total. The van der Waals surface area contributed by atoms with E-state index in [0.717, 1.165) is 37.9 Å². The van der Waals surface area contributed by atoms with Crippen LogP contribution >= 0.6 is 0 Å². The van der Waals surface area contributed by atoms with Gasteiger partial charge >= 0.3 is 6.09 Å². The number of likely N-dealkylation sites (tertiary alicyclic amines) is 1. The smallest absolute Gasteiger partial charge is 0.410 e. The summed E-state index contributed by atoms with van der Waals surface area (Å²) in [7, 11) is 0. The Hall–Kier alpha value is -2.83. The topological polar surface area (TPSA) is 79.0 Å². The molecule has 3 rings (SSSR count). The molecule has 7 heteroatoms. The second-order valence-corrected chi connectivity index (χ2v) is 7.44. The minimum absolute atomic E-state index is 0.00549. The van der Waals surface area contributed by atoms with Gasteiger partial charge in [-0.05, 0) is 31.2 Å². The van der Waals surface area contributed by atoms with Gasteiger partial charge in [0.05, 0.1) is 6.04 Å². The van der Waals surface area contributed by atoms with Crippen molar-refractivity contribution in [3.8, 4) is 0 Å². The van der Waals surface area contributed by atoms with Gasteiger partial charge in [0, 0.05) is 26.1 Å². The SMILES string of the molecule is O=C1CC/C=C\CN(CC(=O)N2CCCCC2)C(=O)OC[C@@H](c2ccccc2)N1. The van der Waals surface area contributed by atoms with E-state index >= 15 is 0 Å². The van der Waals surface area contributed by atoms with Gasteiger partial charge in [-0.3, -0.25) is 14.5 Å². The van der Waals surface area contributed by atoms with Gasteiger partial charge in [0.1, 0.15) is 13.2 Å². The van der Waals surface area contributed by atoms with Gasteiger partial charge in [0.15, 0.2) is 0 Å². The lowest BCUT2D eigenvalue weighted by Crippen LogP contribution is -2.45. The lowest BCUT2D eigenvalue weighted by Gasteiger charge is -2.30. The average molecular weight is 399 g/mol. The van der Waals surface area contributed by atoms with Crippen LogP contribution in [0.2, 0.25) is 0 Å². The molecule has 156 valence electrons. The number of cyclic esters (lactones) is 1. The molecule has 2 heterocycles. The second kappa shape index (κ2) is 10.6. The van der Waals surface area contributed by atoms with Crippen molar-refractivity contribution in [1.29, 1.82) is 0 Å². The van der Waals surface area contributed by atoms with Crippen LogP contribution in [0.3, 0.4) is 0 Å². The lowest BCUT2D eigenvalue weighted by molar-refractivity contribution is -0.132. The summed E-state index contributed by atoms with van der Waals surface area (Å²) >= 11 is 0. The van der Waals surface area contributed by atoms with Crippen molar-refractivity contribution in [3.05, 3.63) is 48.0 Å². The number of allylic oxidation sites excluding steroid dienone is 1. The summed E-state index contributed by atoms with van der Waals surface area (Å²) in [6, 6.07) is 9.02. The van der Waals surface area contributed by atoms with Crippen LogP contribution in [0.15, 0.2) is 42.5 Å². The number of ether oxygens (including phenoxy) is 1. The fraction of sp³-hybridized carbons (Fsp3) is 0.500. The number of piperidine rings is 1. The van der Waals surface area contributed by atoms with Crippen molar-refractivity contribution in [2.45, 2.75) is 38.1 Å². The first kappa shape index (κ1) is 20.9. The summed E-state index contributed by atoms with van der Waals surface area (Å²) in [6.07, 6.45) is 7.24. The Morgan fingerprint density at radius 2 is 1.83 bits per heavy atom. The molecule has 0 spiro atoms. The molecule has 3 amide bonds. The maximum atomic E-state index is 12.7. The van der Waals surface area contributed by atoms with Gasteiger partial charge in [-0.1, -0.05) is 42.5 Å². The highest BCUT2D eigenvalue weighted by Gasteiger charge is 2.24. The van der Waals surface area contributed by atoms with Crippen LogP contribution in [0, 0.1) is 0 Å². The number of hydrogen-bond acceptors (Lipinski definition) is 4. The molecule has 2 aliphatic heterocycles. The first-order valence-corrected chi connectivity index (χ1v) is 10.3. The molecule has 1 aromatic rings. The largest absolute Gasteiger partial charge is 0.447 e. The molecule has 1 N–H and O–H groups in total. The summed E-state index contributed by atoms with van der Waals surface area (Å²) in [5, 5.41) is 2.94. The molecule has 1 saturated heterocycles. The molecular formula is C22H29N3O4. The van der Waals surface area contributed by atoms with E-state index in [1.54, 1.807) is 0 Å². The van der Waals surface area contributed by atoms with E-state index in [9.17, 15) is 14.4 Å². The Balaban J connectivity index is 1.68. The molecule has 0 radical (unpaired) electrons. The number of nitrogens with one attached hydrogen (secondary N) is 1. The van der Waals surface area contributed by atoms with Crippen molar-refractivity contribution in [2.75, 3.05) is 32.8 Å². The highest BCUT2D eigenvalue weighted by molar-refractivity contribution is 5.82. The van der Waals surface area contributed by atoms with Gasteiger partial charge in [-0.15, -0.1) is 0 Å². The summed E-state index contributed by atoms with van der Waals surface area (Å²) in [4.78, 5) is 40.8. The third-order valence-corrected chi connectivity index (χ3v) is 5.23. The zero-order chi connectivity index (χ0) is 20.5. The van der Waals surface area contributed by atoms with Crippen LogP contribution in [0.25, 0.3) is 0 Å². The number of amides is 3. The van der Waals surface area contributed by atoms with E-state index in [1.165, 1.54) is 4.90 Å². The number of nitrogens with zero attached hydrogens (tertiary/aromatic N) is 2. The third kappa shape index (κ3) is 6.34. The second-order valence-electron chi connectivity index (χ2n) is 7.44. The maximum absolute atomic E-state index is 12.7. The van der Waals surface area contributed by atoms with Crippen molar-refractivity contribution in [2.24, 2.45) is 0 Å². The van der Waals surface area contributed by atoms with E-state index in [4.69, 9.17) is 4.74 Å². The highest BCUT2D eigenvalue weighted by atomic mass is 16.6. The minimum atomic E-state index is -0.546. The average Bonchev–Trinajstić information content (AvgIpc) is 2.75. The van der Waals surface area contributed by atoms with Crippen LogP contribution in [-0.2, 0) is 14.3 Å². The molecule has 0 saturated carbocycles. The predicted octanol–water partition coefficient (Wildman–Crippen LogP) is 2.65. The maximum Gasteiger partial charge on any atom is 0.410 e. The number of rotatable bonds is 3. The summed E-state index contributed by atoms with van der Waals surface area (Å²) in [5.41, 5.74) is 0.872. The number of benzene rings is 1. The molecule has 0 bridgehead atoms. The van der Waals surface area contributed by atoms with Crippen LogP contribution in [0.5, 0.6) is 0 Å². The molecule has 2 aliphatic rings. The predicted molar refractivity (Wildman–Crippen MR) is 109 cm³/mol. The van der Waals surface area contributed by atoms with Crippen molar-refractivity contribution in [3.63, 3.8) is 0 Å². The van der Waals surface area contributed by atoms with E-state index < -0.39 is 12.1 Å². The highest BCUT2D eigenvalue weighted by Crippen LogP contribution is 2.15. The molecule has 0 aromatic heterocycles. The molecule has 0 aliphatic carbocycles. The van der Waals surface area contributed by atoms with E-state index in [0.29, 0.717) is 12.8 Å². The van der Waals surface area contributed by atoms with Gasteiger partial charge in [0.25, 0.3) is 0 Å². The summed E-state index contributed by atoms with van der Waals surface area (Å²) in [5.74, 6) is -0.132. The lowest BCUT2D eigenvalue weighted by atomic mass is 10.1. The standard InChI is InChI=1S/C22H29N3O4/c26-20-12-6-2-7-15-25(16-21(27)24-13-8-3-9-14-24)22(28)29-17-19(23-20)18-10-4-1-5-11-18/h1-2,4-5,7,10-11,19H,3,6,8-9,12-17H2,(H,23,26)/b7-2-/t19-/m0/s1. The van der Waals surface area contributed by atoms with Crippen LogP contribution in [-0.4, -0.2) is 60.5 Å². The van der Waals surface area contributed by atoms with E-state index in [-0.39, 0.29) is 31.5 Å². The fourth-order valence-corrected chi connectivity index (χ4v) is 3.56. The van der Waals surface area contributed by atoms with E-state index in [2.05, 4.69) is 5.32 Å².